The van der Waals surface area contributed by atoms with Gasteiger partial charge < -0.3 is 25.2 Å². The largest absolute Gasteiger partial charge is 0.491 e. The number of halogens is 2. The molecule has 3 N–H and O–H groups in total. The molecule has 220 valence electrons. The van der Waals surface area contributed by atoms with E-state index in [2.05, 4.69) is 30.7 Å². The Morgan fingerprint density at radius 2 is 1.91 bits per heavy atom. The number of anilines is 3. The molecule has 1 amide bonds. The molecule has 0 saturated heterocycles. The summed E-state index contributed by atoms with van der Waals surface area (Å²) in [5, 5.41) is 20.3. The van der Waals surface area contributed by atoms with E-state index in [4.69, 9.17) is 14.6 Å². The van der Waals surface area contributed by atoms with E-state index in [1.165, 1.54) is 18.0 Å². The van der Waals surface area contributed by atoms with Crippen LogP contribution in [0.2, 0.25) is 0 Å². The van der Waals surface area contributed by atoms with Crippen molar-refractivity contribution in [2.75, 3.05) is 31.0 Å². The Balaban J connectivity index is 1.32. The highest BCUT2D eigenvalue weighted by Crippen LogP contribution is 2.33. The Morgan fingerprint density at radius 3 is 2.65 bits per heavy atom. The summed E-state index contributed by atoms with van der Waals surface area (Å²) in [6.45, 7) is -0.560. The van der Waals surface area contributed by atoms with Crippen molar-refractivity contribution in [1.82, 2.24) is 24.7 Å². The van der Waals surface area contributed by atoms with Gasteiger partial charge in [-0.3, -0.25) is 9.48 Å². The normalized spacial score (nSPS) is 12.7. The Bertz CT molecular complexity index is 1790. The van der Waals surface area contributed by atoms with Crippen LogP contribution in [0.3, 0.4) is 0 Å². The third-order valence-corrected chi connectivity index (χ3v) is 6.85. The van der Waals surface area contributed by atoms with Gasteiger partial charge in [0.15, 0.2) is 17.4 Å². The van der Waals surface area contributed by atoms with Crippen molar-refractivity contribution in [2.45, 2.75) is 19.4 Å². The first kappa shape index (κ1) is 28.0. The number of methoxy groups -OCH3 is 1. The zero-order valence-electron chi connectivity index (χ0n) is 23.1. The minimum absolute atomic E-state index is 0.0166. The molecule has 1 aliphatic carbocycles. The minimum atomic E-state index is -0.800. The summed E-state index contributed by atoms with van der Waals surface area (Å²) in [6.07, 6.45) is 4.83. The molecule has 2 aromatic carbocycles. The molecular weight excluding hydrogens is 560 g/mol. The van der Waals surface area contributed by atoms with Crippen LogP contribution in [0.25, 0.3) is 22.4 Å². The summed E-state index contributed by atoms with van der Waals surface area (Å²) in [4.78, 5) is 25.5. The van der Waals surface area contributed by atoms with Crippen LogP contribution in [0, 0.1) is 17.6 Å². The predicted octanol–water partition coefficient (Wildman–Crippen LogP) is 4.69. The number of hydrogen-bond donors (Lipinski definition) is 3. The second kappa shape index (κ2) is 12.0. The van der Waals surface area contributed by atoms with Crippen LogP contribution >= 0.6 is 0 Å². The number of aromatic nitrogens is 5. The monoisotopic (exact) mass is 587 g/mol. The number of nitrogens with one attached hydrogen (secondary N) is 2. The molecule has 6 rings (SSSR count). The maximum absolute atomic E-state index is 14.9. The fourth-order valence-corrected chi connectivity index (χ4v) is 4.55. The molecule has 43 heavy (non-hydrogen) atoms. The van der Waals surface area contributed by atoms with Crippen molar-refractivity contribution in [3.63, 3.8) is 0 Å². The Morgan fingerprint density at radius 1 is 1.12 bits per heavy atom. The topological polar surface area (TPSA) is 136 Å². The summed E-state index contributed by atoms with van der Waals surface area (Å²) in [5.74, 6) is -0.270. The van der Waals surface area contributed by atoms with Crippen LogP contribution in [-0.2, 0) is 11.3 Å². The molecule has 3 heterocycles. The average Bonchev–Trinajstić information content (AvgIpc) is 3.80. The van der Waals surface area contributed by atoms with Gasteiger partial charge in [-0.15, -0.1) is 0 Å². The van der Waals surface area contributed by atoms with Crippen molar-refractivity contribution in [1.29, 1.82) is 0 Å². The number of pyridine rings is 1. The van der Waals surface area contributed by atoms with Crippen molar-refractivity contribution < 1.29 is 28.2 Å². The number of carbonyl (C=O) groups is 1. The first-order chi connectivity index (χ1) is 20.9. The van der Waals surface area contributed by atoms with Gasteiger partial charge in [0.2, 0.25) is 5.91 Å². The van der Waals surface area contributed by atoms with E-state index in [9.17, 15) is 13.6 Å². The third-order valence-electron chi connectivity index (χ3n) is 6.85. The molecule has 13 heteroatoms. The molecule has 0 aliphatic heterocycles. The summed E-state index contributed by atoms with van der Waals surface area (Å²) in [6, 6.07) is 12.8. The number of fused-ring (bicyclic) bond motifs is 1. The van der Waals surface area contributed by atoms with Crippen molar-refractivity contribution in [3.8, 4) is 23.0 Å². The van der Waals surface area contributed by atoms with Gasteiger partial charge in [-0.1, -0.05) is 18.2 Å². The first-order valence-electron chi connectivity index (χ1n) is 13.6. The van der Waals surface area contributed by atoms with Crippen LogP contribution < -0.4 is 20.1 Å². The molecule has 3 aromatic heterocycles. The number of para-hydroxylation sites is 1. The number of nitrogens with zero attached hydrogens (tertiary/aromatic N) is 5. The van der Waals surface area contributed by atoms with Crippen molar-refractivity contribution >= 4 is 34.1 Å². The number of aliphatic hydroxyl groups is 1. The van der Waals surface area contributed by atoms with E-state index < -0.39 is 11.6 Å². The second-order valence-electron chi connectivity index (χ2n) is 9.89. The molecule has 0 bridgehead atoms. The lowest BCUT2D eigenvalue weighted by Gasteiger charge is -2.12. The van der Waals surface area contributed by atoms with Crippen molar-refractivity contribution in [2.24, 2.45) is 5.92 Å². The Labute approximate surface area is 244 Å². The van der Waals surface area contributed by atoms with Gasteiger partial charge in [0.25, 0.3) is 0 Å². The molecule has 0 spiro atoms. The number of benzene rings is 2. The quantitative estimate of drug-likeness (QED) is 0.201. The van der Waals surface area contributed by atoms with Gasteiger partial charge in [0.05, 0.1) is 32.0 Å². The smallest absolute Gasteiger partial charge is 0.228 e. The maximum atomic E-state index is 14.9. The van der Waals surface area contributed by atoms with Crippen molar-refractivity contribution in [3.05, 3.63) is 78.1 Å². The molecule has 1 aliphatic rings. The molecular formula is C30H27F2N7O4. The highest BCUT2D eigenvalue weighted by atomic mass is 19.1. The lowest BCUT2D eigenvalue weighted by molar-refractivity contribution is -0.117. The molecule has 11 nitrogen and oxygen atoms in total. The van der Waals surface area contributed by atoms with E-state index >= 15 is 0 Å². The number of ether oxygens (including phenoxy) is 2. The fourth-order valence-electron chi connectivity index (χ4n) is 4.55. The summed E-state index contributed by atoms with van der Waals surface area (Å²) in [5.41, 5.74) is 1.43. The lowest BCUT2D eigenvalue weighted by atomic mass is 10.1. The summed E-state index contributed by atoms with van der Waals surface area (Å²) < 4.78 is 42.0. The third kappa shape index (κ3) is 6.06. The van der Waals surface area contributed by atoms with Crippen LogP contribution in [-0.4, -0.2) is 56.1 Å². The maximum Gasteiger partial charge on any atom is 0.228 e. The molecule has 5 aromatic rings. The SMILES string of the molecule is COc1cnc(-c2nn(Cc3c(F)cc(OCCO)cc3F)c3ccccc23)nc1Nc1ccnc(NC(=O)C2CC2)c1. The zero-order valence-corrected chi connectivity index (χ0v) is 23.1. The van der Waals surface area contributed by atoms with Crippen LogP contribution in [0.4, 0.5) is 26.1 Å². The first-order valence-corrected chi connectivity index (χ1v) is 13.6. The molecule has 0 unspecified atom stereocenters. The minimum Gasteiger partial charge on any atom is -0.491 e. The number of rotatable bonds is 11. The predicted molar refractivity (Wildman–Crippen MR) is 154 cm³/mol. The van der Waals surface area contributed by atoms with Gasteiger partial charge in [0.1, 0.15) is 35.5 Å². The van der Waals surface area contributed by atoms with Crippen LogP contribution in [0.5, 0.6) is 11.5 Å². The molecule has 0 radical (unpaired) electrons. The van der Waals surface area contributed by atoms with E-state index in [-0.39, 0.29) is 48.7 Å². The van der Waals surface area contributed by atoms with Gasteiger partial charge in [-0.2, -0.15) is 5.10 Å². The molecule has 0 atom stereocenters. The number of carbonyl (C=O) groups excluding carboxylic acids is 1. The van der Waals surface area contributed by atoms with Gasteiger partial charge >= 0.3 is 0 Å². The summed E-state index contributed by atoms with van der Waals surface area (Å²) in [7, 11) is 1.49. The molecule has 1 saturated carbocycles. The Hall–Kier alpha value is -5.17. The fraction of sp³-hybridized carbons (Fsp3) is 0.233. The zero-order chi connectivity index (χ0) is 29.9. The number of hydrogen-bond acceptors (Lipinski definition) is 9. The average molecular weight is 588 g/mol. The van der Waals surface area contributed by atoms with Crippen LogP contribution in [0.15, 0.2) is 60.9 Å². The van der Waals surface area contributed by atoms with Gasteiger partial charge in [-0.25, -0.2) is 23.7 Å². The highest BCUT2D eigenvalue weighted by molar-refractivity contribution is 5.94. The highest BCUT2D eigenvalue weighted by Gasteiger charge is 2.29. The number of amides is 1. The molecule has 1 fully saturated rings. The lowest BCUT2D eigenvalue weighted by Crippen LogP contribution is -2.14. The van der Waals surface area contributed by atoms with E-state index in [1.54, 1.807) is 30.5 Å². The Kier molecular flexibility index (Phi) is 7.79. The van der Waals surface area contributed by atoms with E-state index in [0.717, 1.165) is 25.0 Å². The van der Waals surface area contributed by atoms with E-state index in [1.807, 2.05) is 12.1 Å². The standard InChI is InChI=1S/C30H27F2N7O4/c1-42-25-15-34-29(37-28(25)35-18-8-9-33-26(12-18)36-30(41)17-6-7-17)27-20-4-2-3-5-24(20)39(38-27)16-21-22(31)13-19(14-23(21)32)43-11-10-40/h2-5,8-9,12-15,17,40H,6-7,10-11,16H2,1H3,(H2,33,34,35,36,37,41). The van der Waals surface area contributed by atoms with Crippen LogP contribution in [0.1, 0.15) is 18.4 Å². The summed E-state index contributed by atoms with van der Waals surface area (Å²) >= 11 is 0. The van der Waals surface area contributed by atoms with E-state index in [0.29, 0.717) is 39.7 Å². The second-order valence-corrected chi connectivity index (χ2v) is 9.89. The van der Waals surface area contributed by atoms with Gasteiger partial charge in [0, 0.05) is 47.0 Å². The van der Waals surface area contributed by atoms with Gasteiger partial charge in [-0.05, 0) is 25.0 Å². The number of aliphatic hydroxyl groups excluding tert-OH is 1.